The number of rotatable bonds is 33. The van der Waals surface area contributed by atoms with Gasteiger partial charge in [0.15, 0.2) is 0 Å². The fourth-order valence-electron chi connectivity index (χ4n) is 6.18. The smallest absolute Gasteiger partial charge is 0.000583 e. The minimum atomic E-state index is 0.244. The maximum absolute atomic E-state index is 2.45. The first-order valence-corrected chi connectivity index (χ1v) is 22.3. The van der Waals surface area contributed by atoms with E-state index in [0.29, 0.717) is 0 Å². The second kappa shape index (κ2) is 33.4. The minimum absolute atomic E-state index is 0.244. The summed E-state index contributed by atoms with van der Waals surface area (Å²) in [5.41, 5.74) is 0. The summed E-state index contributed by atoms with van der Waals surface area (Å²) in [6.45, 7) is 11.9. The van der Waals surface area contributed by atoms with Crippen LogP contribution in [0.15, 0.2) is 0 Å². The molecule has 0 amide bonds. The normalized spacial score (nSPS) is 12.0. The van der Waals surface area contributed by atoms with Crippen molar-refractivity contribution in [3.8, 4) is 0 Å². The summed E-state index contributed by atoms with van der Waals surface area (Å²) in [6, 6.07) is 0. The van der Waals surface area contributed by atoms with E-state index in [1.54, 1.807) is 56.8 Å². The molecule has 0 rings (SSSR count). The van der Waals surface area contributed by atoms with Gasteiger partial charge < -0.3 is 0 Å². The summed E-state index contributed by atoms with van der Waals surface area (Å²) in [5, 5.41) is 1.15. The zero-order valence-corrected chi connectivity index (χ0v) is 30.2. The Bertz CT molecular complexity index is 369. The Hall–Kier alpha value is 0.860. The van der Waals surface area contributed by atoms with Crippen LogP contribution >= 0.6 is 15.8 Å². The first-order valence-electron chi connectivity index (χ1n) is 18.7. The highest BCUT2D eigenvalue weighted by Crippen LogP contribution is 2.61. The standard InChI is InChI=1S/C37H78P2/c1-6-11-16-20-24-28-33-38(34-29-25-21-17-12-7-2)37(32-15-10-5)39(35-30-26-22-18-13-8-3)36-31-27-23-19-14-9-4/h37H,6-36H2,1-5H3. The van der Waals surface area contributed by atoms with Gasteiger partial charge in [0.1, 0.15) is 0 Å². The molecule has 0 N–H and O–H groups in total. The lowest BCUT2D eigenvalue weighted by Crippen LogP contribution is -2.13. The van der Waals surface area contributed by atoms with Gasteiger partial charge in [-0.25, -0.2) is 0 Å². The maximum atomic E-state index is 2.45. The molecule has 0 aliphatic rings. The number of hydrogen-bond donors (Lipinski definition) is 0. The van der Waals surface area contributed by atoms with Crippen molar-refractivity contribution in [3.05, 3.63) is 0 Å². The molecule has 0 bridgehead atoms. The lowest BCUT2D eigenvalue weighted by atomic mass is 10.1. The molecule has 0 atom stereocenters. The van der Waals surface area contributed by atoms with E-state index in [1.165, 1.54) is 141 Å². The summed E-state index contributed by atoms with van der Waals surface area (Å²) < 4.78 is 0. The third-order valence-electron chi connectivity index (χ3n) is 8.85. The van der Waals surface area contributed by atoms with Crippen LogP contribution in [0, 0.1) is 0 Å². The molecule has 0 heterocycles. The van der Waals surface area contributed by atoms with Gasteiger partial charge in [-0.2, -0.15) is 0 Å². The van der Waals surface area contributed by atoms with E-state index in [9.17, 15) is 0 Å². The third-order valence-corrected chi connectivity index (χ3v) is 16.6. The summed E-state index contributed by atoms with van der Waals surface area (Å²) in [4.78, 5) is 0. The molecule has 0 nitrogen and oxygen atoms in total. The molecule has 0 fully saturated rings. The van der Waals surface area contributed by atoms with Crippen molar-refractivity contribution in [2.75, 3.05) is 24.6 Å². The SMILES string of the molecule is CCCCCCCCP(CCCCCCCC)C(CCCC)P(CCCCCCCC)CCCCCCCC. The van der Waals surface area contributed by atoms with Crippen molar-refractivity contribution in [3.63, 3.8) is 0 Å². The lowest BCUT2D eigenvalue weighted by Gasteiger charge is -2.36. The van der Waals surface area contributed by atoms with Crippen molar-refractivity contribution < 1.29 is 0 Å². The van der Waals surface area contributed by atoms with Crippen LogP contribution in [0.1, 0.15) is 208 Å². The Morgan fingerprint density at radius 2 is 0.513 bits per heavy atom. The molecule has 0 spiro atoms. The van der Waals surface area contributed by atoms with Crippen LogP contribution in [0.4, 0.5) is 0 Å². The van der Waals surface area contributed by atoms with Gasteiger partial charge in [0, 0.05) is 0 Å². The molecule has 0 aromatic carbocycles. The second-order valence-electron chi connectivity index (χ2n) is 12.8. The molecule has 0 aliphatic heterocycles. The van der Waals surface area contributed by atoms with Gasteiger partial charge in [-0.15, -0.1) is 0 Å². The molecule has 0 saturated heterocycles. The van der Waals surface area contributed by atoms with Gasteiger partial charge >= 0.3 is 0 Å². The van der Waals surface area contributed by atoms with Crippen molar-refractivity contribution >= 4 is 15.8 Å². The van der Waals surface area contributed by atoms with Crippen LogP contribution in [-0.4, -0.2) is 30.0 Å². The average molecular weight is 585 g/mol. The first-order chi connectivity index (χ1) is 19.2. The van der Waals surface area contributed by atoms with Gasteiger partial charge in [-0.05, 0) is 62.2 Å². The van der Waals surface area contributed by atoms with E-state index in [-0.39, 0.29) is 15.8 Å². The van der Waals surface area contributed by atoms with E-state index >= 15 is 0 Å². The van der Waals surface area contributed by atoms with Gasteiger partial charge in [-0.1, -0.05) is 192 Å². The predicted molar refractivity (Wildman–Crippen MR) is 190 cm³/mol. The molecular weight excluding hydrogens is 506 g/mol. The zero-order chi connectivity index (χ0) is 28.7. The highest BCUT2D eigenvalue weighted by atomic mass is 31.2. The lowest BCUT2D eigenvalue weighted by molar-refractivity contribution is 0.619. The van der Waals surface area contributed by atoms with Crippen LogP contribution < -0.4 is 0 Å². The fraction of sp³-hybridized carbons (Fsp3) is 1.00. The van der Waals surface area contributed by atoms with Crippen molar-refractivity contribution in [2.24, 2.45) is 0 Å². The van der Waals surface area contributed by atoms with Crippen LogP contribution in [0.2, 0.25) is 0 Å². The number of unbranched alkanes of at least 4 members (excludes halogenated alkanes) is 21. The molecule has 39 heavy (non-hydrogen) atoms. The largest absolute Gasteiger partial charge is 0.0991 e. The van der Waals surface area contributed by atoms with Crippen LogP contribution in [0.3, 0.4) is 0 Å². The monoisotopic (exact) mass is 585 g/mol. The molecule has 0 aromatic rings. The Morgan fingerprint density at radius 3 is 0.769 bits per heavy atom. The van der Waals surface area contributed by atoms with E-state index in [4.69, 9.17) is 0 Å². The maximum Gasteiger partial charge on any atom is -0.000583 e. The summed E-state index contributed by atoms with van der Waals surface area (Å²) in [5.74, 6) is 0. The van der Waals surface area contributed by atoms with Crippen LogP contribution in [0.5, 0.6) is 0 Å². The number of hydrogen-bond acceptors (Lipinski definition) is 0. The summed E-state index contributed by atoms with van der Waals surface area (Å²) in [7, 11) is 0.489. The van der Waals surface area contributed by atoms with Crippen molar-refractivity contribution in [1.82, 2.24) is 0 Å². The summed E-state index contributed by atoms with van der Waals surface area (Å²) in [6.07, 6.45) is 46.5. The molecule has 0 radical (unpaired) electrons. The van der Waals surface area contributed by atoms with Crippen LogP contribution in [0.25, 0.3) is 0 Å². The zero-order valence-electron chi connectivity index (χ0n) is 28.4. The van der Waals surface area contributed by atoms with E-state index < -0.39 is 0 Å². The van der Waals surface area contributed by atoms with Gasteiger partial charge in [0.25, 0.3) is 0 Å². The van der Waals surface area contributed by atoms with E-state index in [1.807, 2.05) is 0 Å². The molecule has 0 aromatic heterocycles. The predicted octanol–water partition coefficient (Wildman–Crippen LogP) is 14.9. The van der Waals surface area contributed by atoms with Gasteiger partial charge in [0.2, 0.25) is 0 Å². The highest BCUT2D eigenvalue weighted by molar-refractivity contribution is 7.75. The average Bonchev–Trinajstić information content (AvgIpc) is 2.95. The molecule has 2 heteroatoms. The van der Waals surface area contributed by atoms with Crippen LogP contribution in [-0.2, 0) is 0 Å². The van der Waals surface area contributed by atoms with Crippen molar-refractivity contribution in [1.29, 1.82) is 0 Å². The summed E-state index contributed by atoms with van der Waals surface area (Å²) >= 11 is 0. The quantitative estimate of drug-likeness (QED) is 0.0531. The minimum Gasteiger partial charge on any atom is -0.0991 e. The molecule has 0 aliphatic carbocycles. The topological polar surface area (TPSA) is 0 Å². The molecule has 0 saturated carbocycles. The Kier molecular flexibility index (Phi) is 34.1. The van der Waals surface area contributed by atoms with E-state index in [0.717, 1.165) is 5.40 Å². The third kappa shape index (κ3) is 26.2. The molecule has 0 unspecified atom stereocenters. The first kappa shape index (κ1) is 39.9. The van der Waals surface area contributed by atoms with Gasteiger partial charge in [-0.3, -0.25) is 0 Å². The Labute approximate surface area is 253 Å². The molecular formula is C37H78P2. The fourth-order valence-corrected chi connectivity index (χ4v) is 14.7. The Morgan fingerprint density at radius 1 is 0.282 bits per heavy atom. The van der Waals surface area contributed by atoms with E-state index in [2.05, 4.69) is 34.6 Å². The van der Waals surface area contributed by atoms with Gasteiger partial charge in [0.05, 0.1) is 0 Å². The highest BCUT2D eigenvalue weighted by Gasteiger charge is 2.27. The Balaban J connectivity index is 5.26. The second-order valence-corrected chi connectivity index (χ2v) is 18.6. The van der Waals surface area contributed by atoms with Crippen molar-refractivity contribution in [2.45, 2.75) is 213 Å². The molecule has 236 valence electrons.